The molecule has 1 N–H and O–H groups in total. The Morgan fingerprint density at radius 2 is 2.09 bits per heavy atom. The van der Waals surface area contributed by atoms with Gasteiger partial charge in [-0.3, -0.25) is 4.68 Å². The van der Waals surface area contributed by atoms with Gasteiger partial charge < -0.3 is 10.1 Å². The molecule has 0 aliphatic carbocycles. The fourth-order valence-corrected chi connectivity index (χ4v) is 2.17. The van der Waals surface area contributed by atoms with E-state index in [9.17, 15) is 13.2 Å². The first-order chi connectivity index (χ1) is 10.4. The summed E-state index contributed by atoms with van der Waals surface area (Å²) >= 11 is 0. The van der Waals surface area contributed by atoms with Gasteiger partial charge in [0.25, 0.3) is 0 Å². The maximum Gasteiger partial charge on any atom is 0.416 e. The quantitative estimate of drug-likeness (QED) is 0.891. The largest absolute Gasteiger partial charge is 0.416 e. The van der Waals surface area contributed by atoms with Gasteiger partial charge in [0.1, 0.15) is 0 Å². The Morgan fingerprint density at radius 3 is 2.68 bits per heavy atom. The lowest BCUT2D eigenvalue weighted by Gasteiger charge is -2.19. The highest BCUT2D eigenvalue weighted by molar-refractivity contribution is 5.28. The standard InChI is InChI=1S/C15H18F3N3O/c1-21-13(6-7-20-21)9-19-14(10-22-2)11-4-3-5-12(8-11)15(16,17)18/h3-8,14,19H,9-10H2,1-2H3. The fourth-order valence-electron chi connectivity index (χ4n) is 2.17. The minimum atomic E-state index is -4.35. The highest BCUT2D eigenvalue weighted by Gasteiger charge is 2.31. The maximum atomic E-state index is 12.8. The minimum Gasteiger partial charge on any atom is -0.383 e. The molecule has 0 radical (unpaired) electrons. The van der Waals surface area contributed by atoms with Crippen LogP contribution in [0.25, 0.3) is 0 Å². The lowest BCUT2D eigenvalue weighted by Crippen LogP contribution is -2.26. The molecule has 2 rings (SSSR count). The number of methoxy groups -OCH3 is 1. The number of nitrogens with one attached hydrogen (secondary N) is 1. The summed E-state index contributed by atoms with van der Waals surface area (Å²) < 4.78 is 45.3. The summed E-state index contributed by atoms with van der Waals surface area (Å²) in [6.45, 7) is 0.764. The van der Waals surface area contributed by atoms with E-state index in [1.165, 1.54) is 13.2 Å². The lowest BCUT2D eigenvalue weighted by atomic mass is 10.0. The molecule has 0 amide bonds. The molecule has 22 heavy (non-hydrogen) atoms. The second-order valence-electron chi connectivity index (χ2n) is 4.96. The molecule has 2 aromatic rings. The zero-order valence-electron chi connectivity index (χ0n) is 12.4. The van der Waals surface area contributed by atoms with E-state index in [0.29, 0.717) is 12.1 Å². The molecule has 1 aromatic carbocycles. The summed E-state index contributed by atoms with van der Waals surface area (Å²) in [5.74, 6) is 0. The van der Waals surface area contributed by atoms with Crippen LogP contribution in [0.2, 0.25) is 0 Å². The monoisotopic (exact) mass is 313 g/mol. The molecule has 0 saturated carbocycles. The normalized spacial score (nSPS) is 13.3. The van der Waals surface area contributed by atoms with Gasteiger partial charge in [-0.1, -0.05) is 12.1 Å². The number of rotatable bonds is 6. The molecule has 0 bridgehead atoms. The van der Waals surface area contributed by atoms with Crippen LogP contribution in [0.4, 0.5) is 13.2 Å². The molecule has 0 spiro atoms. The third-order valence-corrected chi connectivity index (χ3v) is 3.40. The van der Waals surface area contributed by atoms with E-state index in [4.69, 9.17) is 4.74 Å². The fraction of sp³-hybridized carbons (Fsp3) is 0.400. The number of hydrogen-bond donors (Lipinski definition) is 1. The van der Waals surface area contributed by atoms with Crippen molar-refractivity contribution in [2.75, 3.05) is 13.7 Å². The van der Waals surface area contributed by atoms with Crippen LogP contribution in [0.3, 0.4) is 0 Å². The topological polar surface area (TPSA) is 39.1 Å². The Hall–Kier alpha value is -1.86. The van der Waals surface area contributed by atoms with E-state index in [0.717, 1.165) is 17.8 Å². The molecule has 0 aliphatic rings. The van der Waals surface area contributed by atoms with Gasteiger partial charge in [0.2, 0.25) is 0 Å². The Labute approximate surface area is 126 Å². The van der Waals surface area contributed by atoms with Crippen molar-refractivity contribution < 1.29 is 17.9 Å². The first kappa shape index (κ1) is 16.5. The maximum absolute atomic E-state index is 12.8. The van der Waals surface area contributed by atoms with Crippen molar-refractivity contribution in [3.05, 3.63) is 53.3 Å². The second-order valence-corrected chi connectivity index (χ2v) is 4.96. The van der Waals surface area contributed by atoms with Crippen LogP contribution in [0.15, 0.2) is 36.5 Å². The molecule has 120 valence electrons. The van der Waals surface area contributed by atoms with Crippen LogP contribution >= 0.6 is 0 Å². The summed E-state index contributed by atoms with van der Waals surface area (Å²) in [6.07, 6.45) is -2.68. The number of ether oxygens (including phenoxy) is 1. The average molecular weight is 313 g/mol. The average Bonchev–Trinajstić information content (AvgIpc) is 2.88. The summed E-state index contributed by atoms with van der Waals surface area (Å²) in [6, 6.07) is 6.81. The van der Waals surface area contributed by atoms with E-state index in [2.05, 4.69) is 10.4 Å². The number of hydrogen-bond acceptors (Lipinski definition) is 3. The molecule has 1 atom stereocenters. The predicted octanol–water partition coefficient (Wildman–Crippen LogP) is 2.92. The summed E-state index contributed by atoms with van der Waals surface area (Å²) in [7, 11) is 3.33. The van der Waals surface area contributed by atoms with Crippen LogP contribution in [0.1, 0.15) is 22.9 Å². The first-order valence-corrected chi connectivity index (χ1v) is 6.78. The van der Waals surface area contributed by atoms with Crippen molar-refractivity contribution in [2.24, 2.45) is 7.05 Å². The number of benzene rings is 1. The van der Waals surface area contributed by atoms with Crippen molar-refractivity contribution in [1.82, 2.24) is 15.1 Å². The van der Waals surface area contributed by atoms with E-state index in [1.54, 1.807) is 16.9 Å². The molecule has 1 unspecified atom stereocenters. The zero-order chi connectivity index (χ0) is 16.2. The van der Waals surface area contributed by atoms with Crippen molar-refractivity contribution in [3.63, 3.8) is 0 Å². The van der Waals surface area contributed by atoms with E-state index < -0.39 is 11.7 Å². The van der Waals surface area contributed by atoms with Crippen molar-refractivity contribution in [2.45, 2.75) is 18.8 Å². The highest BCUT2D eigenvalue weighted by Crippen LogP contribution is 2.30. The van der Waals surface area contributed by atoms with Crippen molar-refractivity contribution in [1.29, 1.82) is 0 Å². The molecule has 4 nitrogen and oxygen atoms in total. The Balaban J connectivity index is 2.15. The molecule has 1 aromatic heterocycles. The number of halogens is 3. The smallest absolute Gasteiger partial charge is 0.383 e. The molecule has 0 fully saturated rings. The Morgan fingerprint density at radius 1 is 1.32 bits per heavy atom. The van der Waals surface area contributed by atoms with E-state index in [-0.39, 0.29) is 12.6 Å². The van der Waals surface area contributed by atoms with Gasteiger partial charge in [-0.15, -0.1) is 0 Å². The van der Waals surface area contributed by atoms with Gasteiger partial charge in [-0.05, 0) is 23.8 Å². The molecule has 1 heterocycles. The molecule has 0 saturated heterocycles. The number of aromatic nitrogens is 2. The number of alkyl halides is 3. The zero-order valence-corrected chi connectivity index (χ0v) is 12.4. The molecule has 7 heteroatoms. The summed E-state index contributed by atoms with van der Waals surface area (Å²) in [5, 5.41) is 7.26. The summed E-state index contributed by atoms with van der Waals surface area (Å²) in [5.41, 5.74) is 0.820. The van der Waals surface area contributed by atoms with Gasteiger partial charge in [0.05, 0.1) is 23.9 Å². The van der Waals surface area contributed by atoms with Crippen LogP contribution in [-0.2, 0) is 24.5 Å². The van der Waals surface area contributed by atoms with Crippen LogP contribution in [0.5, 0.6) is 0 Å². The van der Waals surface area contributed by atoms with E-state index in [1.807, 2.05) is 13.1 Å². The number of aryl methyl sites for hydroxylation is 1. The first-order valence-electron chi connectivity index (χ1n) is 6.78. The van der Waals surface area contributed by atoms with Crippen molar-refractivity contribution >= 4 is 0 Å². The summed E-state index contributed by atoms with van der Waals surface area (Å²) in [4.78, 5) is 0. The lowest BCUT2D eigenvalue weighted by molar-refractivity contribution is -0.137. The van der Waals surface area contributed by atoms with Gasteiger partial charge in [-0.2, -0.15) is 18.3 Å². The third-order valence-electron chi connectivity index (χ3n) is 3.40. The van der Waals surface area contributed by atoms with Gasteiger partial charge >= 0.3 is 6.18 Å². The molecule has 0 aliphatic heterocycles. The van der Waals surface area contributed by atoms with Crippen LogP contribution in [0, 0.1) is 0 Å². The SMILES string of the molecule is COCC(NCc1ccnn1C)c1cccc(C(F)(F)F)c1. The molecular weight excluding hydrogens is 295 g/mol. The van der Waals surface area contributed by atoms with Gasteiger partial charge in [0.15, 0.2) is 0 Å². The predicted molar refractivity (Wildman–Crippen MR) is 76.1 cm³/mol. The highest BCUT2D eigenvalue weighted by atomic mass is 19.4. The van der Waals surface area contributed by atoms with Crippen molar-refractivity contribution in [3.8, 4) is 0 Å². The Bertz CT molecular complexity index is 610. The third kappa shape index (κ3) is 4.08. The van der Waals surface area contributed by atoms with Gasteiger partial charge in [-0.25, -0.2) is 0 Å². The number of nitrogens with zero attached hydrogens (tertiary/aromatic N) is 2. The van der Waals surface area contributed by atoms with Crippen LogP contribution in [-0.4, -0.2) is 23.5 Å². The second kappa shape index (κ2) is 6.93. The van der Waals surface area contributed by atoms with E-state index >= 15 is 0 Å². The Kier molecular flexibility index (Phi) is 5.20. The van der Waals surface area contributed by atoms with Gasteiger partial charge in [0, 0.05) is 26.9 Å². The molecular formula is C15H18F3N3O. The minimum absolute atomic E-state index is 0.277. The van der Waals surface area contributed by atoms with Crippen LogP contribution < -0.4 is 5.32 Å².